The molecule has 1 aromatic carbocycles. The number of amides is 1. The number of carbonyl (C=O) groups is 2. The Morgan fingerprint density at radius 1 is 1.36 bits per heavy atom. The number of nitrogens with one attached hydrogen (secondary N) is 1. The lowest BCUT2D eigenvalue weighted by Gasteiger charge is -2.30. The monoisotopic (exact) mass is 302 g/mol. The Kier molecular flexibility index (Phi) is 4.43. The Balaban J connectivity index is 1.88. The Morgan fingerprint density at radius 2 is 2.23 bits per heavy atom. The van der Waals surface area contributed by atoms with Gasteiger partial charge in [0.05, 0.1) is 18.3 Å². The van der Waals surface area contributed by atoms with E-state index in [0.29, 0.717) is 30.9 Å². The van der Waals surface area contributed by atoms with Crippen LogP contribution in [0.15, 0.2) is 18.2 Å². The molecule has 2 aliphatic heterocycles. The second-order valence-electron chi connectivity index (χ2n) is 5.80. The van der Waals surface area contributed by atoms with Gasteiger partial charge in [-0.1, -0.05) is 13.3 Å². The molecule has 1 saturated heterocycles. The Morgan fingerprint density at radius 3 is 2.95 bits per heavy atom. The van der Waals surface area contributed by atoms with Gasteiger partial charge in [0.25, 0.3) is 0 Å². The fourth-order valence-electron chi connectivity index (χ4n) is 3.10. The highest BCUT2D eigenvalue weighted by atomic mass is 16.5. The maximum absolute atomic E-state index is 12.6. The van der Waals surface area contributed by atoms with Crippen molar-refractivity contribution in [3.63, 3.8) is 0 Å². The van der Waals surface area contributed by atoms with Crippen LogP contribution in [-0.4, -0.2) is 37.4 Å². The molecular formula is C17H22N2O3. The third kappa shape index (κ3) is 2.86. The van der Waals surface area contributed by atoms with Gasteiger partial charge in [0.2, 0.25) is 5.91 Å². The second kappa shape index (κ2) is 6.48. The van der Waals surface area contributed by atoms with Crippen LogP contribution in [0.4, 0.5) is 5.69 Å². The van der Waals surface area contributed by atoms with E-state index in [1.54, 1.807) is 23.1 Å². The quantitative estimate of drug-likeness (QED) is 0.869. The van der Waals surface area contributed by atoms with E-state index in [4.69, 9.17) is 4.74 Å². The van der Waals surface area contributed by atoms with Crippen molar-refractivity contribution in [1.82, 2.24) is 5.32 Å². The first-order chi connectivity index (χ1) is 10.7. The summed E-state index contributed by atoms with van der Waals surface area (Å²) in [6.07, 6.45) is 3.53. The Labute approximate surface area is 130 Å². The van der Waals surface area contributed by atoms with Crippen molar-refractivity contribution in [3.8, 4) is 5.75 Å². The fraction of sp³-hybridized carbons (Fsp3) is 0.529. The lowest BCUT2D eigenvalue weighted by Crippen LogP contribution is -2.41. The molecule has 1 N–H and O–H groups in total. The van der Waals surface area contributed by atoms with E-state index in [0.717, 1.165) is 31.5 Å². The maximum atomic E-state index is 12.6. The van der Waals surface area contributed by atoms with Crippen LogP contribution in [0.2, 0.25) is 0 Å². The first-order valence-electron chi connectivity index (χ1n) is 8.05. The van der Waals surface area contributed by atoms with Gasteiger partial charge < -0.3 is 15.0 Å². The molecule has 1 atom stereocenters. The summed E-state index contributed by atoms with van der Waals surface area (Å²) in [6.45, 7) is 3.78. The number of carbonyl (C=O) groups excluding carboxylic acids is 2. The normalized spacial score (nSPS) is 21.0. The summed E-state index contributed by atoms with van der Waals surface area (Å²) < 4.78 is 5.61. The average Bonchev–Trinajstić information content (AvgIpc) is 2.60. The molecule has 3 rings (SSSR count). The zero-order chi connectivity index (χ0) is 15.5. The van der Waals surface area contributed by atoms with Crippen molar-refractivity contribution in [2.75, 3.05) is 24.6 Å². The molecule has 0 radical (unpaired) electrons. The summed E-state index contributed by atoms with van der Waals surface area (Å²) in [7, 11) is 0. The molecule has 118 valence electrons. The fourth-order valence-corrected chi connectivity index (χ4v) is 3.10. The van der Waals surface area contributed by atoms with Crippen LogP contribution in [-0.2, 0) is 4.79 Å². The minimum Gasteiger partial charge on any atom is -0.490 e. The van der Waals surface area contributed by atoms with Gasteiger partial charge in [-0.25, -0.2) is 0 Å². The summed E-state index contributed by atoms with van der Waals surface area (Å²) >= 11 is 0. The van der Waals surface area contributed by atoms with Crippen molar-refractivity contribution in [1.29, 1.82) is 0 Å². The van der Waals surface area contributed by atoms with Crippen molar-refractivity contribution < 1.29 is 14.3 Å². The van der Waals surface area contributed by atoms with Crippen molar-refractivity contribution >= 4 is 17.4 Å². The van der Waals surface area contributed by atoms with Gasteiger partial charge in [0, 0.05) is 12.0 Å². The molecule has 0 aliphatic carbocycles. The highest BCUT2D eigenvalue weighted by Gasteiger charge is 2.26. The standard InChI is InChI=1S/C17H22N2O3/c1-2-16(20)19-9-10-22-15-7-6-12(11-14(15)19)17(21)13-5-3-4-8-18-13/h6-7,11,13,18H,2-5,8-10H2,1H3. The molecular weight excluding hydrogens is 280 g/mol. The van der Waals surface area contributed by atoms with E-state index in [9.17, 15) is 9.59 Å². The molecule has 0 spiro atoms. The van der Waals surface area contributed by atoms with Gasteiger partial charge in [-0.3, -0.25) is 9.59 Å². The predicted octanol–water partition coefficient (Wildman–Crippen LogP) is 2.15. The third-order valence-electron chi connectivity index (χ3n) is 4.34. The molecule has 1 fully saturated rings. The highest BCUT2D eigenvalue weighted by molar-refractivity contribution is 6.03. The lowest BCUT2D eigenvalue weighted by molar-refractivity contribution is -0.118. The molecule has 5 nitrogen and oxygen atoms in total. The number of rotatable bonds is 3. The van der Waals surface area contributed by atoms with Gasteiger partial charge in [-0.05, 0) is 37.6 Å². The zero-order valence-electron chi connectivity index (χ0n) is 12.9. The number of hydrogen-bond donors (Lipinski definition) is 1. The molecule has 0 aromatic heterocycles. The zero-order valence-corrected chi connectivity index (χ0v) is 12.9. The van der Waals surface area contributed by atoms with Crippen LogP contribution < -0.4 is 15.0 Å². The van der Waals surface area contributed by atoms with E-state index in [2.05, 4.69) is 5.32 Å². The first-order valence-corrected chi connectivity index (χ1v) is 8.05. The van der Waals surface area contributed by atoms with Crippen LogP contribution in [0.5, 0.6) is 5.75 Å². The molecule has 2 heterocycles. The largest absolute Gasteiger partial charge is 0.490 e. The SMILES string of the molecule is CCC(=O)N1CCOc2ccc(C(=O)C3CCCCN3)cc21. The van der Waals surface area contributed by atoms with Crippen LogP contribution in [0.1, 0.15) is 43.0 Å². The molecule has 2 aliphatic rings. The highest BCUT2D eigenvalue weighted by Crippen LogP contribution is 2.33. The van der Waals surface area contributed by atoms with Crippen LogP contribution in [0, 0.1) is 0 Å². The van der Waals surface area contributed by atoms with E-state index < -0.39 is 0 Å². The number of anilines is 1. The maximum Gasteiger partial charge on any atom is 0.226 e. The number of piperidine rings is 1. The van der Waals surface area contributed by atoms with E-state index in [1.165, 1.54) is 0 Å². The summed E-state index contributed by atoms with van der Waals surface area (Å²) in [4.78, 5) is 26.4. The van der Waals surface area contributed by atoms with Crippen LogP contribution >= 0.6 is 0 Å². The number of benzene rings is 1. The second-order valence-corrected chi connectivity index (χ2v) is 5.80. The van der Waals surface area contributed by atoms with E-state index >= 15 is 0 Å². The van der Waals surface area contributed by atoms with Crippen LogP contribution in [0.3, 0.4) is 0 Å². The van der Waals surface area contributed by atoms with Gasteiger partial charge in [0.15, 0.2) is 5.78 Å². The first kappa shape index (κ1) is 15.0. The van der Waals surface area contributed by atoms with Crippen LogP contribution in [0.25, 0.3) is 0 Å². The topological polar surface area (TPSA) is 58.6 Å². The number of nitrogens with zero attached hydrogens (tertiary/aromatic N) is 1. The van der Waals surface area contributed by atoms with Gasteiger partial charge in [0.1, 0.15) is 12.4 Å². The van der Waals surface area contributed by atoms with Gasteiger partial charge in [-0.2, -0.15) is 0 Å². The average molecular weight is 302 g/mol. The molecule has 0 saturated carbocycles. The molecule has 1 amide bonds. The predicted molar refractivity (Wildman–Crippen MR) is 84.6 cm³/mol. The molecule has 1 aromatic rings. The smallest absolute Gasteiger partial charge is 0.226 e. The summed E-state index contributed by atoms with van der Waals surface area (Å²) in [5.41, 5.74) is 1.37. The minimum atomic E-state index is -0.105. The van der Waals surface area contributed by atoms with E-state index in [1.807, 2.05) is 6.92 Å². The van der Waals surface area contributed by atoms with Crippen molar-refractivity contribution in [2.24, 2.45) is 0 Å². The van der Waals surface area contributed by atoms with Crippen molar-refractivity contribution in [3.05, 3.63) is 23.8 Å². The molecule has 0 bridgehead atoms. The molecule has 22 heavy (non-hydrogen) atoms. The van der Waals surface area contributed by atoms with Crippen molar-refractivity contribution in [2.45, 2.75) is 38.6 Å². The Hall–Kier alpha value is -1.88. The summed E-state index contributed by atoms with van der Waals surface area (Å²) in [5, 5.41) is 3.28. The lowest BCUT2D eigenvalue weighted by atomic mass is 9.96. The number of ether oxygens (including phenoxy) is 1. The number of fused-ring (bicyclic) bond motifs is 1. The van der Waals surface area contributed by atoms with Gasteiger partial charge in [-0.15, -0.1) is 0 Å². The number of ketones is 1. The summed E-state index contributed by atoms with van der Waals surface area (Å²) in [5.74, 6) is 0.850. The Bertz CT molecular complexity index is 579. The van der Waals surface area contributed by atoms with Gasteiger partial charge >= 0.3 is 0 Å². The minimum absolute atomic E-state index is 0.0601. The molecule has 5 heteroatoms. The third-order valence-corrected chi connectivity index (χ3v) is 4.34. The number of hydrogen-bond acceptors (Lipinski definition) is 4. The molecule has 1 unspecified atom stereocenters. The summed E-state index contributed by atoms with van der Waals surface area (Å²) in [6, 6.07) is 5.31. The number of Topliss-reactive ketones (excluding diaryl/α,β-unsaturated/α-hetero) is 1. The van der Waals surface area contributed by atoms with E-state index in [-0.39, 0.29) is 17.7 Å².